The minimum absolute atomic E-state index is 0.117. The molecule has 0 aliphatic rings. The summed E-state index contributed by atoms with van der Waals surface area (Å²) in [5.74, 6) is 0.962. The van der Waals surface area contributed by atoms with Crippen molar-refractivity contribution in [2.45, 2.75) is 18.2 Å². The Hall–Kier alpha value is -1.01. The number of aromatic nitrogens is 2. The summed E-state index contributed by atoms with van der Waals surface area (Å²) in [5, 5.41) is 0.527. The Kier molecular flexibility index (Phi) is 3.97. The van der Waals surface area contributed by atoms with Crippen molar-refractivity contribution in [3.8, 4) is 0 Å². The molecule has 0 saturated carbocycles. The molecule has 0 aliphatic heterocycles. The van der Waals surface area contributed by atoms with Crippen LogP contribution in [-0.2, 0) is 4.74 Å². The van der Waals surface area contributed by atoms with E-state index in [0.29, 0.717) is 5.16 Å². The van der Waals surface area contributed by atoms with Gasteiger partial charge >= 0.3 is 0 Å². The van der Waals surface area contributed by atoms with Gasteiger partial charge in [0.05, 0.1) is 6.10 Å². The molecule has 1 heterocycles. The number of nitrogens with zero attached hydrogens (tertiary/aromatic N) is 1. The summed E-state index contributed by atoms with van der Waals surface area (Å²) in [7, 11) is 1.64. The van der Waals surface area contributed by atoms with Crippen molar-refractivity contribution in [1.82, 2.24) is 9.97 Å². The average molecular weight is 215 g/mol. The van der Waals surface area contributed by atoms with E-state index >= 15 is 0 Å². The van der Waals surface area contributed by atoms with Crippen LogP contribution in [0.25, 0.3) is 0 Å². The molecular formula is C8H13N3O2S. The lowest BCUT2D eigenvalue weighted by Gasteiger charge is -2.07. The Balaban J connectivity index is 2.63. The van der Waals surface area contributed by atoms with Crippen molar-refractivity contribution in [3.05, 3.63) is 16.4 Å². The Morgan fingerprint density at radius 1 is 1.79 bits per heavy atom. The van der Waals surface area contributed by atoms with E-state index in [4.69, 9.17) is 10.5 Å². The third-order valence-electron chi connectivity index (χ3n) is 1.60. The maximum Gasteiger partial charge on any atom is 0.253 e. The fourth-order valence-electron chi connectivity index (χ4n) is 0.786. The molecule has 0 fully saturated rings. The van der Waals surface area contributed by atoms with Gasteiger partial charge in [0.2, 0.25) is 0 Å². The lowest BCUT2D eigenvalue weighted by atomic mass is 10.5. The Labute approximate surface area is 86.1 Å². The van der Waals surface area contributed by atoms with E-state index in [-0.39, 0.29) is 17.5 Å². The summed E-state index contributed by atoms with van der Waals surface area (Å²) in [6, 6.07) is 1.25. The quantitative estimate of drug-likeness (QED) is 0.564. The number of nitrogens with one attached hydrogen (secondary N) is 1. The molecule has 1 atom stereocenters. The fourth-order valence-corrected chi connectivity index (χ4v) is 1.66. The van der Waals surface area contributed by atoms with Crippen molar-refractivity contribution in [2.24, 2.45) is 0 Å². The topological polar surface area (TPSA) is 81.0 Å². The van der Waals surface area contributed by atoms with Gasteiger partial charge in [-0.1, -0.05) is 11.8 Å². The largest absolute Gasteiger partial charge is 0.383 e. The van der Waals surface area contributed by atoms with Crippen LogP contribution in [0.3, 0.4) is 0 Å². The van der Waals surface area contributed by atoms with Crippen LogP contribution in [0.15, 0.2) is 16.0 Å². The number of thioether (sulfide) groups is 1. The fraction of sp³-hybridized carbons (Fsp3) is 0.500. The van der Waals surface area contributed by atoms with Gasteiger partial charge in [0.15, 0.2) is 5.16 Å². The van der Waals surface area contributed by atoms with Gasteiger partial charge in [0.25, 0.3) is 5.56 Å². The van der Waals surface area contributed by atoms with Crippen molar-refractivity contribution in [2.75, 3.05) is 18.6 Å². The molecule has 5 nitrogen and oxygen atoms in total. The summed E-state index contributed by atoms with van der Waals surface area (Å²) in [6.45, 7) is 1.94. The second-order valence-corrected chi connectivity index (χ2v) is 3.84. The minimum atomic E-state index is -0.231. The molecule has 0 saturated heterocycles. The average Bonchev–Trinajstić information content (AvgIpc) is 2.12. The van der Waals surface area contributed by atoms with Crippen LogP contribution >= 0.6 is 11.8 Å². The van der Waals surface area contributed by atoms with Gasteiger partial charge in [-0.15, -0.1) is 0 Å². The van der Waals surface area contributed by atoms with E-state index in [1.807, 2.05) is 6.92 Å². The van der Waals surface area contributed by atoms with Gasteiger partial charge < -0.3 is 15.5 Å². The number of anilines is 1. The van der Waals surface area contributed by atoms with E-state index in [1.54, 1.807) is 7.11 Å². The first-order chi connectivity index (χ1) is 6.61. The van der Waals surface area contributed by atoms with Gasteiger partial charge in [-0.05, 0) is 6.92 Å². The number of nitrogen functional groups attached to an aromatic ring is 1. The molecule has 78 valence electrons. The van der Waals surface area contributed by atoms with E-state index in [0.717, 1.165) is 5.75 Å². The third kappa shape index (κ3) is 3.39. The van der Waals surface area contributed by atoms with E-state index in [2.05, 4.69) is 9.97 Å². The number of nitrogens with two attached hydrogens (primary N) is 1. The van der Waals surface area contributed by atoms with Crippen molar-refractivity contribution >= 4 is 17.6 Å². The number of rotatable bonds is 4. The molecule has 6 heteroatoms. The summed E-state index contributed by atoms with van der Waals surface area (Å²) >= 11 is 1.41. The number of hydrogen-bond acceptors (Lipinski definition) is 5. The van der Waals surface area contributed by atoms with E-state index < -0.39 is 0 Å². The first-order valence-corrected chi connectivity index (χ1v) is 5.13. The smallest absolute Gasteiger partial charge is 0.253 e. The van der Waals surface area contributed by atoms with Crippen LogP contribution in [0.4, 0.5) is 5.82 Å². The van der Waals surface area contributed by atoms with Crippen LogP contribution in [0.2, 0.25) is 0 Å². The molecule has 1 unspecified atom stereocenters. The number of aromatic amines is 1. The van der Waals surface area contributed by atoms with Crippen molar-refractivity contribution in [3.63, 3.8) is 0 Å². The molecule has 14 heavy (non-hydrogen) atoms. The molecule has 1 rings (SSSR count). The molecule has 0 aromatic carbocycles. The summed E-state index contributed by atoms with van der Waals surface area (Å²) < 4.78 is 5.06. The number of ether oxygens (including phenoxy) is 1. The standard InChI is InChI=1S/C8H13N3O2S/c1-5(13-2)4-14-8-10-6(9)3-7(12)11-8/h3,5H,4H2,1-2H3,(H3,9,10,11,12). The second kappa shape index (κ2) is 5.02. The van der Waals surface area contributed by atoms with Gasteiger partial charge in [0, 0.05) is 18.9 Å². The zero-order valence-corrected chi connectivity index (χ0v) is 8.93. The molecule has 0 spiro atoms. The molecule has 0 bridgehead atoms. The number of hydrogen-bond donors (Lipinski definition) is 2. The third-order valence-corrected chi connectivity index (χ3v) is 2.70. The molecule has 1 aromatic rings. The highest BCUT2D eigenvalue weighted by atomic mass is 32.2. The zero-order chi connectivity index (χ0) is 10.6. The van der Waals surface area contributed by atoms with Crippen LogP contribution in [-0.4, -0.2) is 28.9 Å². The van der Waals surface area contributed by atoms with Crippen molar-refractivity contribution in [1.29, 1.82) is 0 Å². The predicted molar refractivity (Wildman–Crippen MR) is 56.5 cm³/mol. The monoisotopic (exact) mass is 215 g/mol. The number of methoxy groups -OCH3 is 1. The molecule has 1 aromatic heterocycles. The summed E-state index contributed by atoms with van der Waals surface area (Å²) in [6.07, 6.45) is 0.117. The Morgan fingerprint density at radius 3 is 3.07 bits per heavy atom. The lowest BCUT2D eigenvalue weighted by molar-refractivity contribution is 0.138. The molecule has 0 amide bonds. The van der Waals surface area contributed by atoms with Crippen LogP contribution in [0.1, 0.15) is 6.92 Å². The van der Waals surface area contributed by atoms with Gasteiger partial charge in [0.1, 0.15) is 5.82 Å². The molecular weight excluding hydrogens is 202 g/mol. The summed E-state index contributed by atoms with van der Waals surface area (Å²) in [4.78, 5) is 17.6. The highest BCUT2D eigenvalue weighted by Gasteiger charge is 2.03. The first-order valence-electron chi connectivity index (χ1n) is 4.14. The van der Waals surface area contributed by atoms with Gasteiger partial charge in [-0.3, -0.25) is 4.79 Å². The molecule has 3 N–H and O–H groups in total. The second-order valence-electron chi connectivity index (χ2n) is 2.83. The normalized spacial score (nSPS) is 12.7. The highest BCUT2D eigenvalue weighted by molar-refractivity contribution is 7.99. The highest BCUT2D eigenvalue weighted by Crippen LogP contribution is 2.13. The number of H-pyrrole nitrogens is 1. The summed E-state index contributed by atoms with van der Waals surface area (Å²) in [5.41, 5.74) is 5.19. The predicted octanol–water partition coefficient (Wildman–Crippen LogP) is 0.479. The van der Waals surface area contributed by atoms with E-state index in [1.165, 1.54) is 17.8 Å². The maximum atomic E-state index is 11.0. The van der Waals surface area contributed by atoms with Crippen LogP contribution in [0, 0.1) is 0 Å². The van der Waals surface area contributed by atoms with Crippen molar-refractivity contribution < 1.29 is 4.74 Å². The van der Waals surface area contributed by atoms with Gasteiger partial charge in [-0.2, -0.15) is 0 Å². The van der Waals surface area contributed by atoms with Gasteiger partial charge in [-0.25, -0.2) is 4.98 Å². The minimum Gasteiger partial charge on any atom is -0.383 e. The van der Waals surface area contributed by atoms with E-state index in [9.17, 15) is 4.79 Å². The van der Waals surface area contributed by atoms with Crippen LogP contribution in [0.5, 0.6) is 0 Å². The first kappa shape index (κ1) is 11.1. The Morgan fingerprint density at radius 2 is 2.50 bits per heavy atom. The SMILES string of the molecule is COC(C)CSc1nc(N)cc(=O)[nH]1. The van der Waals surface area contributed by atoms with Crippen LogP contribution < -0.4 is 11.3 Å². The Bertz CT molecular complexity index is 353. The maximum absolute atomic E-state index is 11.0. The zero-order valence-electron chi connectivity index (χ0n) is 8.11. The molecule has 0 radical (unpaired) electrons. The molecule has 0 aliphatic carbocycles. The lowest BCUT2D eigenvalue weighted by Crippen LogP contribution is -2.12.